The SMILES string of the molecule is COCC1OC(C)[CH-]C1OP(=O)(S)OCC1OC(C)C(C)C1OC.COCC1OC(C)[CH-]C1OP(O)(=S)OCC1OC(C)C(C)C1OC.[2H]CC1OC(C)C(C)C1OC.[3H]OC.[Y].[Y]. The van der Waals surface area contributed by atoms with Gasteiger partial charge < -0.3 is 70.9 Å². The van der Waals surface area contributed by atoms with Crippen molar-refractivity contribution in [1.82, 2.24) is 0 Å². The van der Waals surface area contributed by atoms with E-state index in [-0.39, 0.29) is 170 Å². The molecule has 20 unspecified atom stereocenters. The number of rotatable bonds is 17. The molecule has 0 saturated carbocycles. The van der Waals surface area contributed by atoms with Gasteiger partial charge in [0.1, 0.15) is 12.2 Å². The predicted molar refractivity (Wildman–Crippen MR) is 232 cm³/mol. The molecule has 0 spiro atoms. The maximum absolute atomic E-state index is 12.5. The van der Waals surface area contributed by atoms with Crippen LogP contribution in [0.3, 0.4) is 0 Å². The summed E-state index contributed by atoms with van der Waals surface area (Å²) in [4.78, 5) is 10.4. The second-order valence-corrected chi connectivity index (χ2v) is 21.2. The van der Waals surface area contributed by atoms with Crippen molar-refractivity contribution in [1.29, 1.82) is 1.43 Å². The van der Waals surface area contributed by atoms with Gasteiger partial charge in [0.05, 0.1) is 81.4 Å². The quantitative estimate of drug-likeness (QED) is 0.0976. The summed E-state index contributed by atoms with van der Waals surface area (Å²) >= 11 is 9.21. The Labute approximate surface area is 435 Å². The third kappa shape index (κ3) is 20.3. The van der Waals surface area contributed by atoms with Crippen LogP contribution < -0.4 is 0 Å². The van der Waals surface area contributed by atoms with Gasteiger partial charge in [-0.1, -0.05) is 59.1 Å². The maximum atomic E-state index is 12.5. The van der Waals surface area contributed by atoms with Crippen molar-refractivity contribution in [3.63, 3.8) is 0 Å². The fraction of sp³-hybridized carbons (Fsp3) is 0.949. The molecule has 5 rings (SSSR count). The van der Waals surface area contributed by atoms with Crippen LogP contribution in [0.2, 0.25) is 0 Å². The minimum absolute atomic E-state index is 0. The topological polar surface area (TPSA) is 187 Å². The van der Waals surface area contributed by atoms with E-state index in [1.807, 2.05) is 47.5 Å². The van der Waals surface area contributed by atoms with E-state index >= 15 is 0 Å². The van der Waals surface area contributed by atoms with Crippen molar-refractivity contribution in [3.8, 4) is 0 Å². The van der Waals surface area contributed by atoms with Crippen molar-refractivity contribution >= 4 is 37.6 Å². The minimum atomic E-state index is -3.57. The number of aliphatic hydroxyl groups is 1. The Balaban J connectivity index is 0.000000939. The van der Waals surface area contributed by atoms with E-state index < -0.39 is 25.7 Å². The number of aliphatic hydroxyl groups excluding tert-OH is 1. The Bertz CT molecular complexity index is 1270. The second kappa shape index (κ2) is 31.9. The Morgan fingerprint density at radius 1 is 0.645 bits per heavy atom. The van der Waals surface area contributed by atoms with E-state index in [4.69, 9.17) is 80.1 Å². The van der Waals surface area contributed by atoms with Crippen LogP contribution in [-0.4, -0.2) is 172 Å². The van der Waals surface area contributed by atoms with Gasteiger partial charge in [0, 0.05) is 127 Å². The van der Waals surface area contributed by atoms with Crippen molar-refractivity contribution in [3.05, 3.63) is 12.8 Å². The van der Waals surface area contributed by atoms with Gasteiger partial charge in [0.25, 0.3) is 0 Å². The Hall–Kier alpha value is 2.80. The first kappa shape index (κ1) is 60.9. The van der Waals surface area contributed by atoms with Gasteiger partial charge in [-0.3, -0.25) is 17.4 Å². The molecule has 0 amide bonds. The molecule has 2 N–H and O–H groups in total. The molecule has 364 valence electrons. The third-order valence-corrected chi connectivity index (χ3v) is 14.4. The van der Waals surface area contributed by atoms with Crippen LogP contribution in [0.25, 0.3) is 0 Å². The molecule has 5 fully saturated rings. The molecular weight excluding hydrogens is 1040 g/mol. The van der Waals surface area contributed by atoms with Crippen molar-refractivity contribution in [2.45, 2.75) is 154 Å². The normalized spacial score (nSPS) is 41.0. The zero-order valence-electron chi connectivity index (χ0n) is 41.0. The number of methoxy groups -OCH3 is 5. The summed E-state index contributed by atoms with van der Waals surface area (Å²) in [7, 11) is 9.41. The molecule has 0 aromatic heterocycles. The summed E-state index contributed by atoms with van der Waals surface area (Å²) in [6.45, 7) is 10.2. The molecule has 5 heterocycles. The summed E-state index contributed by atoms with van der Waals surface area (Å²) in [5.74, 6) is 0.882. The molecule has 5 saturated heterocycles. The van der Waals surface area contributed by atoms with E-state index in [1.54, 1.807) is 35.5 Å². The van der Waals surface area contributed by atoms with Gasteiger partial charge in [-0.25, -0.2) is 4.57 Å². The van der Waals surface area contributed by atoms with Gasteiger partial charge in [-0.15, -0.1) is 0 Å². The first-order valence-electron chi connectivity index (χ1n) is 21.4. The smallest absolute Gasteiger partial charge is 0.384 e. The summed E-state index contributed by atoms with van der Waals surface area (Å²) in [6.07, 6.45) is 1.50. The molecule has 5 aliphatic rings. The van der Waals surface area contributed by atoms with Crippen LogP contribution in [0.1, 0.15) is 63.7 Å². The van der Waals surface area contributed by atoms with Crippen molar-refractivity contribution in [2.75, 3.05) is 69.1 Å². The molecular formula is C39H76O17P2S2Y2-2. The predicted octanol–water partition coefficient (Wildman–Crippen LogP) is 5.23. The summed E-state index contributed by atoms with van der Waals surface area (Å²) < 4.78 is 102. The van der Waals surface area contributed by atoms with Crippen molar-refractivity contribution < 1.29 is 147 Å². The molecule has 20 atom stereocenters. The number of thiol groups is 1. The first-order chi connectivity index (χ1) is 29.2. The van der Waals surface area contributed by atoms with E-state index in [1.165, 1.54) is 7.11 Å². The molecule has 2 radical (unpaired) electrons. The van der Waals surface area contributed by atoms with Gasteiger partial charge >= 0.3 is 13.5 Å². The molecule has 0 bridgehead atoms. The standard InChI is InChI=1S/2C15H28O7PS.C8H16O2.CH4O.2Y/c2*1-9-6-12(13(20-9)7-17-4)22-23(16,24)19-8-14-15(18-5)10(2)11(3)21-14;1-5-6(2)10-7(3)8(5)9-4;1-2;;/h2*6,9-15H,7-8H2,1-5H3,(H,16,24);5-8H,1-4H3;2H,1H3;;/q2*-1;;;;/i;;3D;2T;;. The van der Waals surface area contributed by atoms with E-state index in [2.05, 4.69) is 38.1 Å². The minimum Gasteiger partial charge on any atom is -0.405 e. The van der Waals surface area contributed by atoms with Gasteiger partial charge in [-0.2, -0.15) is 0 Å². The Morgan fingerprint density at radius 3 is 1.42 bits per heavy atom. The van der Waals surface area contributed by atoms with Gasteiger partial charge in [-0.05, 0) is 51.7 Å². The van der Waals surface area contributed by atoms with E-state index in [0.29, 0.717) is 26.0 Å². The Morgan fingerprint density at radius 2 is 1.03 bits per heavy atom. The molecule has 17 nitrogen and oxygen atoms in total. The molecule has 23 heteroatoms. The van der Waals surface area contributed by atoms with Crippen LogP contribution in [0.5, 0.6) is 0 Å². The fourth-order valence-electron chi connectivity index (χ4n) is 7.70. The fourth-order valence-corrected chi connectivity index (χ4v) is 10.5. The maximum Gasteiger partial charge on any atom is 0.384 e. The molecule has 0 aliphatic carbocycles. The van der Waals surface area contributed by atoms with Crippen LogP contribution in [0, 0.1) is 30.6 Å². The van der Waals surface area contributed by atoms with Gasteiger partial charge in [0.15, 0.2) is 0 Å². The Kier molecular flexibility index (Phi) is 31.4. The second-order valence-electron chi connectivity index (χ2n) is 15.5. The largest absolute Gasteiger partial charge is 0.405 e. The van der Waals surface area contributed by atoms with E-state index in [9.17, 15) is 9.46 Å². The average molecular weight is 1120 g/mol. The molecule has 0 aromatic rings. The van der Waals surface area contributed by atoms with Crippen LogP contribution in [0.4, 0.5) is 0 Å². The zero-order valence-corrected chi connectivity index (χ0v) is 48.1. The zero-order chi connectivity index (χ0) is 46.9. The third-order valence-electron chi connectivity index (χ3n) is 11.3. The first-order valence-corrected chi connectivity index (χ1v) is 25.6. The number of hydrogen-bond donors (Lipinski definition) is 3. The summed E-state index contributed by atoms with van der Waals surface area (Å²) in [6, 6.07) is 0. The summed E-state index contributed by atoms with van der Waals surface area (Å²) in [5.41, 5.74) is 0. The monoisotopic (exact) mass is 1120 g/mol. The number of hydrogen-bond acceptors (Lipinski definition) is 17. The molecule has 62 heavy (non-hydrogen) atoms. The van der Waals surface area contributed by atoms with Crippen LogP contribution in [-0.2, 0) is 147 Å². The van der Waals surface area contributed by atoms with Crippen LogP contribution in [0.15, 0.2) is 0 Å². The van der Waals surface area contributed by atoms with E-state index in [0.717, 1.165) is 0 Å². The molecule has 0 aromatic carbocycles. The average Bonchev–Trinajstić information content (AvgIpc) is 3.96. The summed E-state index contributed by atoms with van der Waals surface area (Å²) in [5, 5.41) is 3.50. The van der Waals surface area contributed by atoms with Crippen LogP contribution >= 0.6 is 25.8 Å². The molecule has 5 aliphatic heterocycles. The van der Waals surface area contributed by atoms with Crippen molar-refractivity contribution in [2.24, 2.45) is 17.8 Å². The van der Waals surface area contributed by atoms with Gasteiger partial charge in [0.2, 0.25) is 1.43 Å². The number of ether oxygens (including phenoxy) is 10.